The second-order valence-corrected chi connectivity index (χ2v) is 6.85. The highest BCUT2D eigenvalue weighted by atomic mass is 16.5. The van der Waals surface area contributed by atoms with Crippen molar-refractivity contribution in [2.75, 3.05) is 23.9 Å². The lowest BCUT2D eigenvalue weighted by Crippen LogP contribution is -2.38. The SMILES string of the molecule is COc1ccc(NC(=O)CN2C(=O)CC(c3ccccc3)=Nc3ccccc32)cc1. The lowest BCUT2D eigenvalue weighted by molar-refractivity contribution is -0.120. The number of anilines is 2. The fraction of sp³-hybridized carbons (Fsp3) is 0.125. The van der Waals surface area contributed by atoms with Crippen molar-refractivity contribution in [3.05, 3.63) is 84.4 Å². The molecule has 0 fully saturated rings. The third-order valence-electron chi connectivity index (χ3n) is 4.83. The number of hydrogen-bond donors (Lipinski definition) is 1. The van der Waals surface area contributed by atoms with E-state index in [2.05, 4.69) is 5.32 Å². The van der Waals surface area contributed by atoms with Crippen molar-refractivity contribution in [2.45, 2.75) is 6.42 Å². The highest BCUT2D eigenvalue weighted by Gasteiger charge is 2.26. The molecule has 30 heavy (non-hydrogen) atoms. The summed E-state index contributed by atoms with van der Waals surface area (Å²) in [6, 6.07) is 24.0. The molecule has 150 valence electrons. The molecule has 2 amide bonds. The minimum atomic E-state index is -0.286. The van der Waals surface area contributed by atoms with Crippen LogP contribution in [0.25, 0.3) is 0 Å². The second-order valence-electron chi connectivity index (χ2n) is 6.85. The van der Waals surface area contributed by atoms with E-state index < -0.39 is 0 Å². The van der Waals surface area contributed by atoms with Gasteiger partial charge in [0, 0.05) is 5.69 Å². The van der Waals surface area contributed by atoms with Crippen molar-refractivity contribution in [1.29, 1.82) is 0 Å². The number of benzene rings is 3. The maximum absolute atomic E-state index is 13.1. The van der Waals surface area contributed by atoms with Crippen LogP contribution in [-0.2, 0) is 9.59 Å². The van der Waals surface area contributed by atoms with E-state index in [4.69, 9.17) is 9.73 Å². The Balaban J connectivity index is 1.57. The Labute approximate surface area is 174 Å². The molecule has 4 rings (SSSR count). The average molecular weight is 399 g/mol. The fourth-order valence-corrected chi connectivity index (χ4v) is 3.33. The van der Waals surface area contributed by atoms with E-state index >= 15 is 0 Å². The summed E-state index contributed by atoms with van der Waals surface area (Å²) in [7, 11) is 1.59. The van der Waals surface area contributed by atoms with Crippen LogP contribution in [0.4, 0.5) is 17.1 Å². The van der Waals surface area contributed by atoms with Crippen LogP contribution in [0.1, 0.15) is 12.0 Å². The zero-order chi connectivity index (χ0) is 20.9. The molecule has 6 nitrogen and oxygen atoms in total. The summed E-state index contributed by atoms with van der Waals surface area (Å²) in [5.74, 6) is 0.245. The maximum atomic E-state index is 13.1. The van der Waals surface area contributed by atoms with Crippen LogP contribution >= 0.6 is 0 Å². The number of amides is 2. The molecule has 0 aliphatic carbocycles. The molecule has 0 atom stereocenters. The quantitative estimate of drug-likeness (QED) is 0.699. The summed E-state index contributed by atoms with van der Waals surface area (Å²) in [5, 5.41) is 2.83. The van der Waals surface area contributed by atoms with Crippen LogP contribution < -0.4 is 15.0 Å². The van der Waals surface area contributed by atoms with Crippen LogP contribution in [-0.4, -0.2) is 31.2 Å². The summed E-state index contributed by atoms with van der Waals surface area (Å²) >= 11 is 0. The van der Waals surface area contributed by atoms with Gasteiger partial charge in [-0.15, -0.1) is 0 Å². The lowest BCUT2D eigenvalue weighted by Gasteiger charge is -2.22. The van der Waals surface area contributed by atoms with E-state index in [-0.39, 0.29) is 24.8 Å². The second kappa shape index (κ2) is 8.61. The van der Waals surface area contributed by atoms with Gasteiger partial charge in [0.2, 0.25) is 11.8 Å². The lowest BCUT2D eigenvalue weighted by atomic mass is 10.1. The van der Waals surface area contributed by atoms with Crippen LogP contribution in [0, 0.1) is 0 Å². The number of carbonyl (C=O) groups excluding carboxylic acids is 2. The van der Waals surface area contributed by atoms with E-state index in [1.165, 1.54) is 4.90 Å². The first-order valence-electron chi connectivity index (χ1n) is 9.60. The zero-order valence-corrected chi connectivity index (χ0v) is 16.5. The molecule has 1 heterocycles. The van der Waals surface area contributed by atoms with Gasteiger partial charge in [-0.25, -0.2) is 0 Å². The number of aliphatic imine (C=N–C) groups is 1. The summed E-state index contributed by atoms with van der Waals surface area (Å²) in [4.78, 5) is 32.0. The molecule has 3 aromatic rings. The molecule has 3 aromatic carbocycles. The third kappa shape index (κ3) is 4.22. The number of nitrogens with zero attached hydrogens (tertiary/aromatic N) is 2. The molecule has 0 radical (unpaired) electrons. The highest BCUT2D eigenvalue weighted by molar-refractivity contribution is 6.18. The Morgan fingerprint density at radius 1 is 1.00 bits per heavy atom. The summed E-state index contributed by atoms with van der Waals surface area (Å²) < 4.78 is 5.13. The van der Waals surface area contributed by atoms with Gasteiger partial charge in [0.15, 0.2) is 0 Å². The fourth-order valence-electron chi connectivity index (χ4n) is 3.33. The third-order valence-corrected chi connectivity index (χ3v) is 4.83. The molecule has 1 N–H and O–H groups in total. The number of para-hydroxylation sites is 2. The number of fused-ring (bicyclic) bond motifs is 1. The first-order valence-corrected chi connectivity index (χ1v) is 9.60. The van der Waals surface area contributed by atoms with Gasteiger partial charge in [0.1, 0.15) is 12.3 Å². The van der Waals surface area contributed by atoms with Crippen LogP contribution in [0.15, 0.2) is 83.9 Å². The van der Waals surface area contributed by atoms with Crippen molar-refractivity contribution in [3.63, 3.8) is 0 Å². The zero-order valence-electron chi connectivity index (χ0n) is 16.5. The van der Waals surface area contributed by atoms with Gasteiger partial charge in [0.25, 0.3) is 0 Å². The first-order chi connectivity index (χ1) is 14.6. The molecular formula is C24H21N3O3. The van der Waals surface area contributed by atoms with Gasteiger partial charge in [-0.3, -0.25) is 14.6 Å². The number of nitrogens with one attached hydrogen (secondary N) is 1. The number of hydrogen-bond acceptors (Lipinski definition) is 4. The molecule has 0 bridgehead atoms. The monoisotopic (exact) mass is 399 g/mol. The van der Waals surface area contributed by atoms with E-state index in [9.17, 15) is 9.59 Å². The molecule has 1 aliphatic heterocycles. The number of methoxy groups -OCH3 is 1. The molecule has 0 spiro atoms. The molecule has 6 heteroatoms. The Hall–Kier alpha value is -3.93. The molecular weight excluding hydrogens is 378 g/mol. The van der Waals surface area contributed by atoms with E-state index in [1.54, 1.807) is 31.4 Å². The summed E-state index contributed by atoms with van der Waals surface area (Å²) in [6.07, 6.45) is 0.120. The molecule has 0 saturated carbocycles. The first kappa shape index (κ1) is 19.4. The van der Waals surface area contributed by atoms with E-state index in [0.717, 1.165) is 5.56 Å². The molecule has 1 aliphatic rings. The topological polar surface area (TPSA) is 71.0 Å². The van der Waals surface area contributed by atoms with Gasteiger partial charge < -0.3 is 15.0 Å². The normalized spacial score (nSPS) is 13.2. The number of carbonyl (C=O) groups is 2. The van der Waals surface area contributed by atoms with Crippen LogP contribution in [0.3, 0.4) is 0 Å². The Morgan fingerprint density at radius 3 is 2.43 bits per heavy atom. The molecule has 0 saturated heterocycles. The Bertz CT molecular complexity index is 1090. The largest absolute Gasteiger partial charge is 0.497 e. The molecule has 0 unspecified atom stereocenters. The predicted octanol–water partition coefficient (Wildman–Crippen LogP) is 4.19. The van der Waals surface area contributed by atoms with Crippen molar-refractivity contribution in [2.24, 2.45) is 4.99 Å². The Kier molecular flexibility index (Phi) is 5.57. The van der Waals surface area contributed by atoms with Gasteiger partial charge in [-0.1, -0.05) is 42.5 Å². The van der Waals surface area contributed by atoms with E-state index in [1.807, 2.05) is 54.6 Å². The summed E-state index contributed by atoms with van der Waals surface area (Å²) in [6.45, 7) is -0.0978. The maximum Gasteiger partial charge on any atom is 0.244 e. The number of rotatable bonds is 5. The van der Waals surface area contributed by atoms with E-state index in [0.29, 0.717) is 28.5 Å². The van der Waals surface area contributed by atoms with Gasteiger partial charge in [-0.05, 0) is 42.0 Å². The van der Waals surface area contributed by atoms with Crippen molar-refractivity contribution in [3.8, 4) is 5.75 Å². The van der Waals surface area contributed by atoms with Crippen molar-refractivity contribution < 1.29 is 14.3 Å². The predicted molar refractivity (Wildman–Crippen MR) is 118 cm³/mol. The number of ether oxygens (including phenoxy) is 1. The van der Waals surface area contributed by atoms with Gasteiger partial charge >= 0.3 is 0 Å². The van der Waals surface area contributed by atoms with Crippen molar-refractivity contribution in [1.82, 2.24) is 0 Å². The standard InChI is InChI=1S/C24H21N3O3/c1-30-19-13-11-18(12-14-19)25-23(28)16-27-22-10-6-5-9-20(22)26-21(15-24(27)29)17-7-3-2-4-8-17/h2-14H,15-16H2,1H3,(H,25,28). The Morgan fingerprint density at radius 2 is 1.70 bits per heavy atom. The smallest absolute Gasteiger partial charge is 0.244 e. The van der Waals surface area contributed by atoms with Crippen molar-refractivity contribution >= 4 is 34.6 Å². The van der Waals surface area contributed by atoms with Gasteiger partial charge in [-0.2, -0.15) is 0 Å². The molecule has 0 aromatic heterocycles. The average Bonchev–Trinajstić information content (AvgIpc) is 2.91. The minimum Gasteiger partial charge on any atom is -0.497 e. The summed E-state index contributed by atoms with van der Waals surface area (Å²) in [5.41, 5.74) is 3.51. The van der Waals surface area contributed by atoms with Crippen LogP contribution in [0.5, 0.6) is 5.75 Å². The minimum absolute atomic E-state index is 0.0978. The van der Waals surface area contributed by atoms with Gasteiger partial charge in [0.05, 0.1) is 30.6 Å². The highest BCUT2D eigenvalue weighted by Crippen LogP contribution is 2.32. The van der Waals surface area contributed by atoms with Crippen LogP contribution in [0.2, 0.25) is 0 Å².